The van der Waals surface area contributed by atoms with E-state index in [1.807, 2.05) is 0 Å². The van der Waals surface area contributed by atoms with E-state index in [0.717, 1.165) is 18.3 Å². The first kappa shape index (κ1) is 10.3. The van der Waals surface area contributed by atoms with Crippen LogP contribution in [0.25, 0.3) is 6.08 Å². The highest BCUT2D eigenvalue weighted by Crippen LogP contribution is 2.06. The van der Waals surface area contributed by atoms with Crippen LogP contribution in [-0.2, 0) is 9.53 Å². The summed E-state index contributed by atoms with van der Waals surface area (Å²) in [6.45, 7) is 0. The van der Waals surface area contributed by atoms with Crippen molar-refractivity contribution in [3.05, 3.63) is 35.7 Å². The Balaban J connectivity index is 2.83. The van der Waals surface area contributed by atoms with Crippen LogP contribution in [0.15, 0.2) is 18.3 Å². The van der Waals surface area contributed by atoms with E-state index in [4.69, 9.17) is 0 Å². The zero-order valence-electron chi connectivity index (χ0n) is 7.33. The molecule has 1 aromatic heterocycles. The van der Waals surface area contributed by atoms with Gasteiger partial charge in [0.1, 0.15) is 0 Å². The third-order valence-corrected chi connectivity index (χ3v) is 1.43. The monoisotopic (exact) mass is 199 g/mol. The molecular weight excluding hydrogens is 192 g/mol. The summed E-state index contributed by atoms with van der Waals surface area (Å²) < 4.78 is 29.3. The van der Waals surface area contributed by atoms with Gasteiger partial charge in [-0.25, -0.2) is 14.2 Å². The minimum atomic E-state index is -1.17. The lowest BCUT2D eigenvalue weighted by Gasteiger charge is -1.94. The van der Waals surface area contributed by atoms with E-state index in [1.54, 1.807) is 0 Å². The van der Waals surface area contributed by atoms with E-state index in [9.17, 15) is 13.6 Å². The molecule has 0 unspecified atom stereocenters. The number of pyridine rings is 1. The molecule has 0 bridgehead atoms. The summed E-state index contributed by atoms with van der Waals surface area (Å²) in [5.41, 5.74) is 0.286. The second-order valence-corrected chi connectivity index (χ2v) is 2.40. The van der Waals surface area contributed by atoms with Gasteiger partial charge in [0.2, 0.25) is 5.95 Å². The molecule has 0 aliphatic rings. The van der Waals surface area contributed by atoms with Gasteiger partial charge in [-0.1, -0.05) is 0 Å². The Morgan fingerprint density at radius 1 is 1.57 bits per heavy atom. The third kappa shape index (κ3) is 2.62. The lowest BCUT2D eigenvalue weighted by atomic mass is 10.2. The van der Waals surface area contributed by atoms with Gasteiger partial charge in [-0.15, -0.1) is 0 Å². The molecule has 3 nitrogen and oxygen atoms in total. The fourth-order valence-corrected chi connectivity index (χ4v) is 0.759. The van der Waals surface area contributed by atoms with Crippen LogP contribution in [0.4, 0.5) is 8.78 Å². The molecule has 0 spiro atoms. The number of methoxy groups -OCH3 is 1. The average molecular weight is 199 g/mol. The Morgan fingerprint density at radius 3 is 2.86 bits per heavy atom. The SMILES string of the molecule is COC(=O)C=Cc1cnc(F)c(F)c1. The van der Waals surface area contributed by atoms with Crippen LogP contribution in [0.5, 0.6) is 0 Å². The lowest BCUT2D eigenvalue weighted by Crippen LogP contribution is -1.94. The lowest BCUT2D eigenvalue weighted by molar-refractivity contribution is -0.134. The molecule has 1 aromatic rings. The van der Waals surface area contributed by atoms with Gasteiger partial charge in [-0.05, 0) is 17.7 Å². The molecular formula is C9H7F2NO2. The van der Waals surface area contributed by atoms with Gasteiger partial charge in [0.15, 0.2) is 5.82 Å². The molecule has 1 rings (SSSR count). The van der Waals surface area contributed by atoms with Crippen molar-refractivity contribution in [2.75, 3.05) is 7.11 Å². The molecule has 1 heterocycles. The van der Waals surface area contributed by atoms with Gasteiger partial charge in [-0.3, -0.25) is 0 Å². The topological polar surface area (TPSA) is 39.2 Å². The number of esters is 1. The molecule has 0 saturated heterocycles. The zero-order valence-corrected chi connectivity index (χ0v) is 7.33. The molecule has 0 saturated carbocycles. The highest BCUT2D eigenvalue weighted by molar-refractivity contribution is 5.86. The molecule has 0 aliphatic carbocycles. The van der Waals surface area contributed by atoms with E-state index >= 15 is 0 Å². The van der Waals surface area contributed by atoms with E-state index in [1.165, 1.54) is 13.2 Å². The summed E-state index contributed by atoms with van der Waals surface area (Å²) in [5, 5.41) is 0. The smallest absolute Gasteiger partial charge is 0.330 e. The first-order valence-corrected chi connectivity index (χ1v) is 3.70. The number of ether oxygens (including phenoxy) is 1. The molecule has 74 valence electrons. The molecule has 0 radical (unpaired) electrons. The highest BCUT2D eigenvalue weighted by Gasteiger charge is 2.02. The fourth-order valence-electron chi connectivity index (χ4n) is 0.759. The number of carbonyl (C=O) groups excluding carboxylic acids is 1. The predicted octanol–water partition coefficient (Wildman–Crippen LogP) is 1.55. The van der Waals surface area contributed by atoms with Gasteiger partial charge < -0.3 is 4.74 Å². The van der Waals surface area contributed by atoms with Crippen LogP contribution >= 0.6 is 0 Å². The second kappa shape index (κ2) is 4.45. The number of aromatic nitrogens is 1. The maximum absolute atomic E-state index is 12.6. The number of hydrogen-bond donors (Lipinski definition) is 0. The molecule has 5 heteroatoms. The first-order valence-electron chi connectivity index (χ1n) is 3.70. The minimum Gasteiger partial charge on any atom is -0.466 e. The van der Waals surface area contributed by atoms with Crippen molar-refractivity contribution in [2.45, 2.75) is 0 Å². The standard InChI is InChI=1S/C9H7F2NO2/c1-14-8(13)3-2-6-4-7(10)9(11)12-5-6/h2-5H,1H3. The van der Waals surface area contributed by atoms with Gasteiger partial charge in [0.25, 0.3) is 0 Å². The number of halogens is 2. The molecule has 0 fully saturated rings. The van der Waals surface area contributed by atoms with Crippen molar-refractivity contribution in [2.24, 2.45) is 0 Å². The molecule has 0 atom stereocenters. The van der Waals surface area contributed by atoms with Crippen molar-refractivity contribution < 1.29 is 18.3 Å². The minimum absolute atomic E-state index is 0.286. The van der Waals surface area contributed by atoms with Gasteiger partial charge >= 0.3 is 5.97 Å². The van der Waals surface area contributed by atoms with Crippen molar-refractivity contribution in [3.63, 3.8) is 0 Å². The zero-order chi connectivity index (χ0) is 10.6. The summed E-state index contributed by atoms with van der Waals surface area (Å²) in [6, 6.07) is 0.932. The second-order valence-electron chi connectivity index (χ2n) is 2.40. The Kier molecular flexibility index (Phi) is 3.28. The van der Waals surface area contributed by atoms with Crippen LogP contribution in [0.3, 0.4) is 0 Å². The van der Waals surface area contributed by atoms with E-state index in [-0.39, 0.29) is 5.56 Å². The Hall–Kier alpha value is -1.78. The summed E-state index contributed by atoms with van der Waals surface area (Å²) in [6.07, 6.45) is 3.48. The van der Waals surface area contributed by atoms with Gasteiger partial charge in [0, 0.05) is 12.3 Å². The van der Waals surface area contributed by atoms with Crippen molar-refractivity contribution in [1.82, 2.24) is 4.98 Å². The van der Waals surface area contributed by atoms with Gasteiger partial charge in [0.05, 0.1) is 7.11 Å². The maximum Gasteiger partial charge on any atom is 0.330 e. The fraction of sp³-hybridized carbons (Fsp3) is 0.111. The predicted molar refractivity (Wildman–Crippen MR) is 45.2 cm³/mol. The molecule has 0 N–H and O–H groups in total. The summed E-state index contributed by atoms with van der Waals surface area (Å²) in [7, 11) is 1.22. The summed E-state index contributed by atoms with van der Waals surface area (Å²) in [4.78, 5) is 13.8. The molecule has 0 aromatic carbocycles. The molecule has 14 heavy (non-hydrogen) atoms. The number of carbonyl (C=O) groups is 1. The van der Waals surface area contributed by atoms with Crippen molar-refractivity contribution >= 4 is 12.0 Å². The largest absolute Gasteiger partial charge is 0.466 e. The Bertz CT molecular complexity index is 377. The number of rotatable bonds is 2. The van der Waals surface area contributed by atoms with Crippen LogP contribution in [-0.4, -0.2) is 18.1 Å². The van der Waals surface area contributed by atoms with E-state index in [0.29, 0.717) is 0 Å². The first-order chi connectivity index (χ1) is 6.63. The third-order valence-electron chi connectivity index (χ3n) is 1.43. The van der Waals surface area contributed by atoms with Gasteiger partial charge in [-0.2, -0.15) is 4.39 Å². The molecule has 0 amide bonds. The van der Waals surface area contributed by atoms with E-state index < -0.39 is 17.7 Å². The maximum atomic E-state index is 12.6. The Labute approximate surface area is 79.0 Å². The quantitative estimate of drug-likeness (QED) is 0.412. The Morgan fingerprint density at radius 2 is 2.29 bits per heavy atom. The average Bonchev–Trinajstić information content (AvgIpc) is 2.19. The summed E-state index contributed by atoms with van der Waals surface area (Å²) >= 11 is 0. The number of nitrogens with zero attached hydrogens (tertiary/aromatic N) is 1. The van der Waals surface area contributed by atoms with Crippen LogP contribution < -0.4 is 0 Å². The van der Waals surface area contributed by atoms with Crippen LogP contribution in [0, 0.1) is 11.8 Å². The number of hydrogen-bond acceptors (Lipinski definition) is 3. The highest BCUT2D eigenvalue weighted by atomic mass is 19.2. The van der Waals surface area contributed by atoms with Crippen molar-refractivity contribution in [1.29, 1.82) is 0 Å². The molecule has 0 aliphatic heterocycles. The van der Waals surface area contributed by atoms with Crippen LogP contribution in [0.1, 0.15) is 5.56 Å². The van der Waals surface area contributed by atoms with Crippen LogP contribution in [0.2, 0.25) is 0 Å². The van der Waals surface area contributed by atoms with Crippen molar-refractivity contribution in [3.8, 4) is 0 Å². The van der Waals surface area contributed by atoms with E-state index in [2.05, 4.69) is 9.72 Å². The summed E-state index contributed by atoms with van der Waals surface area (Å²) in [5.74, 6) is -2.80. The normalized spacial score (nSPS) is 10.5.